The molecule has 71 heavy (non-hydrogen) atoms. The van der Waals surface area contributed by atoms with E-state index in [1.165, 1.54) is 250 Å². The van der Waals surface area contributed by atoms with Gasteiger partial charge in [0.2, 0.25) is 0 Å². The summed E-state index contributed by atoms with van der Waals surface area (Å²) in [6, 6.07) is 0. The molecule has 0 N–H and O–H groups in total. The van der Waals surface area contributed by atoms with Crippen LogP contribution < -0.4 is 0 Å². The van der Waals surface area contributed by atoms with E-state index in [4.69, 9.17) is 14.2 Å². The molecular formula is C65H122O6. The summed E-state index contributed by atoms with van der Waals surface area (Å²) in [6.07, 6.45) is 71.8. The largest absolute Gasteiger partial charge is 0.462 e. The maximum absolute atomic E-state index is 12.9. The second-order valence-corrected chi connectivity index (χ2v) is 21.7. The summed E-state index contributed by atoms with van der Waals surface area (Å²) in [4.78, 5) is 38.3. The lowest BCUT2D eigenvalue weighted by Crippen LogP contribution is -2.30. The van der Waals surface area contributed by atoms with Crippen LogP contribution in [-0.2, 0) is 28.6 Å². The van der Waals surface area contributed by atoms with Crippen LogP contribution in [0.5, 0.6) is 0 Å². The molecule has 0 aliphatic rings. The van der Waals surface area contributed by atoms with Crippen LogP contribution in [0.1, 0.15) is 355 Å². The first-order valence-electron chi connectivity index (χ1n) is 31.8. The summed E-state index contributed by atoms with van der Waals surface area (Å²) in [7, 11) is 0. The van der Waals surface area contributed by atoms with Gasteiger partial charge in [0.1, 0.15) is 13.2 Å². The molecule has 0 heterocycles. The van der Waals surface area contributed by atoms with Gasteiger partial charge in [0.25, 0.3) is 0 Å². The number of carbonyl (C=O) groups excluding carboxylic acids is 3. The van der Waals surface area contributed by atoms with Crippen molar-refractivity contribution in [1.29, 1.82) is 0 Å². The lowest BCUT2D eigenvalue weighted by Gasteiger charge is -2.18. The number of esters is 3. The van der Waals surface area contributed by atoms with Gasteiger partial charge in [-0.1, -0.05) is 289 Å². The minimum absolute atomic E-state index is 0.0697. The monoisotopic (exact) mass is 999 g/mol. The SMILES string of the molecule is CCCCCCCCC/C=C\CCCCCCCC(=O)OC(COC(=O)CCCCCCCCCCCCC/C=C\CCCCCCCCCC)COC(=O)CCCCCCCCCCCCCCCC. The minimum atomic E-state index is -0.772. The second-order valence-electron chi connectivity index (χ2n) is 21.7. The average molecular weight is 1000 g/mol. The van der Waals surface area contributed by atoms with Crippen molar-refractivity contribution in [3.8, 4) is 0 Å². The molecule has 418 valence electrons. The third kappa shape index (κ3) is 58.7. The Bertz CT molecular complexity index is 1150. The van der Waals surface area contributed by atoms with Gasteiger partial charge in [-0.25, -0.2) is 0 Å². The number of unbranched alkanes of at least 4 members (excludes halogenated alkanes) is 44. The van der Waals surface area contributed by atoms with Crippen molar-refractivity contribution >= 4 is 17.9 Å². The molecule has 0 aliphatic carbocycles. The van der Waals surface area contributed by atoms with Gasteiger partial charge in [-0.05, 0) is 70.6 Å². The highest BCUT2D eigenvalue weighted by Crippen LogP contribution is 2.17. The van der Waals surface area contributed by atoms with Crippen LogP contribution in [0, 0.1) is 0 Å². The third-order valence-corrected chi connectivity index (χ3v) is 14.4. The van der Waals surface area contributed by atoms with Crippen LogP contribution in [-0.4, -0.2) is 37.2 Å². The van der Waals surface area contributed by atoms with E-state index >= 15 is 0 Å². The molecule has 0 fully saturated rings. The summed E-state index contributed by atoms with van der Waals surface area (Å²) in [5.74, 6) is -0.854. The number of hydrogen-bond acceptors (Lipinski definition) is 6. The molecule has 0 aromatic carbocycles. The highest BCUT2D eigenvalue weighted by Gasteiger charge is 2.19. The minimum Gasteiger partial charge on any atom is -0.462 e. The Kier molecular flexibility index (Phi) is 58.6. The molecule has 0 saturated carbocycles. The van der Waals surface area contributed by atoms with Gasteiger partial charge in [0, 0.05) is 19.3 Å². The molecule has 0 radical (unpaired) electrons. The summed E-state index contributed by atoms with van der Waals surface area (Å²) in [5.41, 5.74) is 0. The van der Waals surface area contributed by atoms with Gasteiger partial charge >= 0.3 is 17.9 Å². The van der Waals surface area contributed by atoms with Crippen molar-refractivity contribution in [1.82, 2.24) is 0 Å². The number of hydrogen-bond donors (Lipinski definition) is 0. The van der Waals surface area contributed by atoms with Gasteiger partial charge in [-0.3, -0.25) is 14.4 Å². The number of rotatable bonds is 59. The van der Waals surface area contributed by atoms with E-state index in [0.717, 1.165) is 64.2 Å². The Hall–Kier alpha value is -2.11. The third-order valence-electron chi connectivity index (χ3n) is 14.4. The number of allylic oxidation sites excluding steroid dienone is 4. The van der Waals surface area contributed by atoms with E-state index in [-0.39, 0.29) is 31.1 Å². The quantitative estimate of drug-likeness (QED) is 0.0261. The first-order chi connectivity index (χ1) is 35.0. The molecular weight excluding hydrogens is 877 g/mol. The normalized spacial score (nSPS) is 12.1. The van der Waals surface area contributed by atoms with E-state index in [2.05, 4.69) is 45.1 Å². The standard InChI is InChI=1S/C65H122O6/c1-4-7-10-13-16-19-22-25-28-30-31-32-33-34-35-36-38-40-43-46-49-52-55-58-64(67)70-61-62(60-69-63(66)57-54-51-48-45-42-39-27-24-21-18-15-12-9-6-3)71-65(68)59-56-53-50-47-44-41-37-29-26-23-20-17-14-11-8-5-2/h29-31,37,62H,4-28,32-36,38-61H2,1-3H3/b31-30-,37-29-. The van der Waals surface area contributed by atoms with Crippen molar-refractivity contribution in [2.45, 2.75) is 361 Å². The van der Waals surface area contributed by atoms with Crippen LogP contribution in [0.15, 0.2) is 24.3 Å². The lowest BCUT2D eigenvalue weighted by atomic mass is 10.0. The topological polar surface area (TPSA) is 78.9 Å². The highest BCUT2D eigenvalue weighted by molar-refractivity contribution is 5.71. The average Bonchev–Trinajstić information content (AvgIpc) is 3.37. The van der Waals surface area contributed by atoms with Crippen molar-refractivity contribution < 1.29 is 28.6 Å². The molecule has 1 atom stereocenters. The van der Waals surface area contributed by atoms with Crippen molar-refractivity contribution in [3.63, 3.8) is 0 Å². The van der Waals surface area contributed by atoms with Gasteiger partial charge in [0.15, 0.2) is 6.10 Å². The van der Waals surface area contributed by atoms with Crippen LogP contribution in [0.2, 0.25) is 0 Å². The maximum Gasteiger partial charge on any atom is 0.306 e. The molecule has 0 bridgehead atoms. The maximum atomic E-state index is 12.9. The summed E-state index contributed by atoms with van der Waals surface area (Å²) >= 11 is 0. The van der Waals surface area contributed by atoms with Gasteiger partial charge in [-0.15, -0.1) is 0 Å². The molecule has 0 aromatic heterocycles. The number of ether oxygens (including phenoxy) is 3. The zero-order valence-corrected chi connectivity index (χ0v) is 48.0. The molecule has 0 amide bonds. The van der Waals surface area contributed by atoms with E-state index in [0.29, 0.717) is 19.3 Å². The molecule has 0 rings (SSSR count). The molecule has 0 aromatic rings. The summed E-state index contributed by atoms with van der Waals surface area (Å²) in [6.45, 7) is 6.69. The predicted octanol–water partition coefficient (Wildman–Crippen LogP) is 21.4. The van der Waals surface area contributed by atoms with Gasteiger partial charge in [0.05, 0.1) is 0 Å². The Morgan fingerprint density at radius 2 is 0.465 bits per heavy atom. The molecule has 6 nitrogen and oxygen atoms in total. The lowest BCUT2D eigenvalue weighted by molar-refractivity contribution is -0.167. The fourth-order valence-corrected chi connectivity index (χ4v) is 9.61. The van der Waals surface area contributed by atoms with Crippen LogP contribution in [0.3, 0.4) is 0 Å². The zero-order chi connectivity index (χ0) is 51.4. The summed E-state index contributed by atoms with van der Waals surface area (Å²) in [5, 5.41) is 0. The Morgan fingerprint density at radius 3 is 0.704 bits per heavy atom. The van der Waals surface area contributed by atoms with E-state index in [9.17, 15) is 14.4 Å². The van der Waals surface area contributed by atoms with Crippen LogP contribution >= 0.6 is 0 Å². The summed E-state index contributed by atoms with van der Waals surface area (Å²) < 4.78 is 16.9. The van der Waals surface area contributed by atoms with Gasteiger partial charge in [-0.2, -0.15) is 0 Å². The van der Waals surface area contributed by atoms with E-state index in [1.54, 1.807) is 0 Å². The van der Waals surface area contributed by atoms with Crippen LogP contribution in [0.25, 0.3) is 0 Å². The van der Waals surface area contributed by atoms with Crippen molar-refractivity contribution in [3.05, 3.63) is 24.3 Å². The van der Waals surface area contributed by atoms with Gasteiger partial charge < -0.3 is 14.2 Å². The fourth-order valence-electron chi connectivity index (χ4n) is 9.61. The molecule has 0 spiro atoms. The van der Waals surface area contributed by atoms with Crippen LogP contribution in [0.4, 0.5) is 0 Å². The molecule has 0 aliphatic heterocycles. The zero-order valence-electron chi connectivity index (χ0n) is 48.0. The Morgan fingerprint density at radius 1 is 0.268 bits per heavy atom. The predicted molar refractivity (Wildman–Crippen MR) is 307 cm³/mol. The highest BCUT2D eigenvalue weighted by atomic mass is 16.6. The Balaban J connectivity index is 4.27. The fraction of sp³-hybridized carbons (Fsp3) is 0.892. The molecule has 6 heteroatoms. The molecule has 1 unspecified atom stereocenters. The molecule has 0 saturated heterocycles. The second kappa shape index (κ2) is 60.4. The first kappa shape index (κ1) is 68.9. The van der Waals surface area contributed by atoms with E-state index in [1.807, 2.05) is 0 Å². The smallest absolute Gasteiger partial charge is 0.306 e. The first-order valence-corrected chi connectivity index (χ1v) is 31.8. The Labute approximate surface area is 443 Å². The van der Waals surface area contributed by atoms with Crippen molar-refractivity contribution in [2.75, 3.05) is 13.2 Å². The number of carbonyl (C=O) groups is 3. The van der Waals surface area contributed by atoms with Crippen molar-refractivity contribution in [2.24, 2.45) is 0 Å². The van der Waals surface area contributed by atoms with E-state index < -0.39 is 6.10 Å².